The fraction of sp³-hybridized carbons (Fsp3) is 0.200. The Labute approximate surface area is 127 Å². The van der Waals surface area contributed by atoms with Crippen molar-refractivity contribution in [3.8, 4) is 11.8 Å². The number of hydrogen-bond acceptors (Lipinski definition) is 5. The largest absolute Gasteiger partial charge is 0.493 e. The minimum absolute atomic E-state index is 0.174. The molecule has 0 aliphatic heterocycles. The second kappa shape index (κ2) is 7.43. The number of nitrogens with two attached hydrogens (primary N) is 1. The summed E-state index contributed by atoms with van der Waals surface area (Å²) in [5.74, 6) is 0.529. The summed E-state index contributed by atoms with van der Waals surface area (Å²) in [4.78, 5) is 11.8. The molecule has 0 spiro atoms. The Morgan fingerprint density at radius 2 is 2.10 bits per heavy atom. The van der Waals surface area contributed by atoms with E-state index in [9.17, 15) is 4.79 Å². The molecule has 6 heteroatoms. The third-order valence-electron chi connectivity index (χ3n) is 2.80. The molecular weight excluding hydrogens is 286 g/mol. The molecule has 0 saturated carbocycles. The van der Waals surface area contributed by atoms with Gasteiger partial charge in [0.25, 0.3) is 0 Å². The first-order chi connectivity index (χ1) is 10.2. The summed E-state index contributed by atoms with van der Waals surface area (Å²) in [6.07, 6.45) is 0.224. The Morgan fingerprint density at radius 1 is 1.33 bits per heavy atom. The van der Waals surface area contributed by atoms with Crippen LogP contribution in [0.1, 0.15) is 17.5 Å². The van der Waals surface area contributed by atoms with Gasteiger partial charge in [-0.05, 0) is 29.1 Å². The van der Waals surface area contributed by atoms with Crippen LogP contribution in [0, 0.1) is 11.3 Å². The highest BCUT2D eigenvalue weighted by Gasteiger charge is 2.08. The lowest BCUT2D eigenvalue weighted by molar-refractivity contribution is -0.116. The molecule has 0 aliphatic carbocycles. The number of ether oxygens (including phenoxy) is 1. The molecule has 2 rings (SSSR count). The fourth-order valence-electron chi connectivity index (χ4n) is 1.67. The van der Waals surface area contributed by atoms with Crippen LogP contribution in [0.4, 0.5) is 5.00 Å². The number of benzene rings is 1. The Kier molecular flexibility index (Phi) is 5.32. The molecule has 0 fully saturated rings. The van der Waals surface area contributed by atoms with E-state index in [2.05, 4.69) is 5.32 Å². The summed E-state index contributed by atoms with van der Waals surface area (Å²) in [5.41, 5.74) is 7.02. The number of carbonyl (C=O) groups is 1. The van der Waals surface area contributed by atoms with Gasteiger partial charge in [-0.15, -0.1) is 11.3 Å². The molecule has 1 aromatic heterocycles. The maximum atomic E-state index is 11.8. The molecule has 1 amide bonds. The van der Waals surface area contributed by atoms with E-state index in [4.69, 9.17) is 15.7 Å². The molecular formula is C15H15N3O2S. The molecule has 0 atom stereocenters. The van der Waals surface area contributed by atoms with Gasteiger partial charge in [-0.3, -0.25) is 4.79 Å². The molecule has 3 N–H and O–H groups in total. The number of anilines is 1. The zero-order valence-electron chi connectivity index (χ0n) is 11.3. The van der Waals surface area contributed by atoms with Gasteiger partial charge < -0.3 is 15.8 Å². The summed E-state index contributed by atoms with van der Waals surface area (Å²) in [7, 11) is 0. The molecule has 0 aliphatic rings. The maximum Gasteiger partial charge on any atom is 0.228 e. The van der Waals surface area contributed by atoms with Gasteiger partial charge in [0.1, 0.15) is 16.8 Å². The third kappa shape index (κ3) is 4.31. The van der Waals surface area contributed by atoms with Crippen molar-refractivity contribution in [2.45, 2.75) is 13.0 Å². The number of nitriles is 1. The Hall–Kier alpha value is -2.36. The number of rotatable bonds is 6. The van der Waals surface area contributed by atoms with Crippen molar-refractivity contribution < 1.29 is 9.53 Å². The summed E-state index contributed by atoms with van der Waals surface area (Å²) < 4.78 is 5.49. The molecule has 1 heterocycles. The SMILES string of the molecule is N#Cc1ccsc1NC(=O)CCOc1ccc(CN)cc1. The predicted molar refractivity (Wildman–Crippen MR) is 82.1 cm³/mol. The Morgan fingerprint density at radius 3 is 2.76 bits per heavy atom. The molecule has 0 bridgehead atoms. The summed E-state index contributed by atoms with van der Waals surface area (Å²) in [5, 5.41) is 13.9. The molecule has 2 aromatic rings. The number of thiophene rings is 1. The first-order valence-corrected chi connectivity index (χ1v) is 7.30. The van der Waals surface area contributed by atoms with E-state index in [1.807, 2.05) is 30.3 Å². The van der Waals surface area contributed by atoms with Gasteiger partial charge >= 0.3 is 0 Å². The molecule has 0 unspecified atom stereocenters. The third-order valence-corrected chi connectivity index (χ3v) is 3.63. The van der Waals surface area contributed by atoms with E-state index in [1.54, 1.807) is 11.4 Å². The van der Waals surface area contributed by atoms with Crippen molar-refractivity contribution in [3.63, 3.8) is 0 Å². The van der Waals surface area contributed by atoms with Crippen LogP contribution in [0.2, 0.25) is 0 Å². The number of amides is 1. The zero-order chi connectivity index (χ0) is 15.1. The standard InChI is InChI=1S/C15H15N3O2S/c16-9-11-1-3-13(4-2-11)20-7-5-14(19)18-15-12(10-17)6-8-21-15/h1-4,6,8H,5,7,9,16H2,(H,18,19). The van der Waals surface area contributed by atoms with Crippen LogP contribution in [-0.4, -0.2) is 12.5 Å². The number of nitrogens with zero attached hydrogens (tertiary/aromatic N) is 1. The molecule has 21 heavy (non-hydrogen) atoms. The number of nitrogens with one attached hydrogen (secondary N) is 1. The lowest BCUT2D eigenvalue weighted by Crippen LogP contribution is -2.15. The van der Waals surface area contributed by atoms with Crippen molar-refractivity contribution >= 4 is 22.2 Å². The monoisotopic (exact) mass is 301 g/mol. The first kappa shape index (κ1) is 15.0. The lowest BCUT2D eigenvalue weighted by Gasteiger charge is -2.07. The van der Waals surface area contributed by atoms with E-state index in [0.29, 0.717) is 22.9 Å². The van der Waals surface area contributed by atoms with Crippen LogP contribution in [0.15, 0.2) is 35.7 Å². The van der Waals surface area contributed by atoms with Gasteiger partial charge in [0, 0.05) is 6.54 Å². The van der Waals surface area contributed by atoms with Crippen LogP contribution >= 0.6 is 11.3 Å². The Balaban J connectivity index is 1.78. The quantitative estimate of drug-likeness (QED) is 0.858. The van der Waals surface area contributed by atoms with E-state index in [1.165, 1.54) is 11.3 Å². The average Bonchev–Trinajstić information content (AvgIpc) is 2.95. The smallest absolute Gasteiger partial charge is 0.228 e. The highest BCUT2D eigenvalue weighted by Crippen LogP contribution is 2.22. The minimum atomic E-state index is -0.174. The van der Waals surface area contributed by atoms with E-state index in [0.717, 1.165) is 5.56 Å². The molecule has 0 radical (unpaired) electrons. The predicted octanol–water partition coefficient (Wildman–Crippen LogP) is 2.49. The second-order valence-electron chi connectivity index (χ2n) is 4.27. The van der Waals surface area contributed by atoms with Crippen LogP contribution in [-0.2, 0) is 11.3 Å². The average molecular weight is 301 g/mol. The van der Waals surface area contributed by atoms with E-state index >= 15 is 0 Å². The van der Waals surface area contributed by atoms with Crippen molar-refractivity contribution in [2.24, 2.45) is 5.73 Å². The number of hydrogen-bond donors (Lipinski definition) is 2. The van der Waals surface area contributed by atoms with Crippen molar-refractivity contribution in [3.05, 3.63) is 46.8 Å². The normalized spacial score (nSPS) is 9.90. The molecule has 0 saturated heterocycles. The summed E-state index contributed by atoms with van der Waals surface area (Å²) >= 11 is 1.33. The summed E-state index contributed by atoms with van der Waals surface area (Å²) in [6.45, 7) is 0.770. The Bertz CT molecular complexity index is 644. The van der Waals surface area contributed by atoms with Gasteiger partial charge in [0.15, 0.2) is 0 Å². The van der Waals surface area contributed by atoms with E-state index < -0.39 is 0 Å². The van der Waals surface area contributed by atoms with Crippen LogP contribution in [0.5, 0.6) is 5.75 Å². The van der Waals surface area contributed by atoms with Crippen LogP contribution in [0.3, 0.4) is 0 Å². The molecule has 5 nitrogen and oxygen atoms in total. The van der Waals surface area contributed by atoms with Crippen molar-refractivity contribution in [1.29, 1.82) is 5.26 Å². The van der Waals surface area contributed by atoms with Gasteiger partial charge in [-0.25, -0.2) is 0 Å². The molecule has 108 valence electrons. The first-order valence-electron chi connectivity index (χ1n) is 6.42. The fourth-order valence-corrected chi connectivity index (χ4v) is 2.42. The molecule has 1 aromatic carbocycles. The number of carbonyl (C=O) groups excluding carboxylic acids is 1. The highest BCUT2D eigenvalue weighted by atomic mass is 32.1. The van der Waals surface area contributed by atoms with E-state index in [-0.39, 0.29) is 18.9 Å². The zero-order valence-corrected chi connectivity index (χ0v) is 12.2. The summed E-state index contributed by atoms with van der Waals surface area (Å²) in [6, 6.07) is 11.1. The van der Waals surface area contributed by atoms with Crippen LogP contribution in [0.25, 0.3) is 0 Å². The topological polar surface area (TPSA) is 88.1 Å². The van der Waals surface area contributed by atoms with Gasteiger partial charge in [-0.2, -0.15) is 5.26 Å². The van der Waals surface area contributed by atoms with Crippen molar-refractivity contribution in [2.75, 3.05) is 11.9 Å². The second-order valence-corrected chi connectivity index (χ2v) is 5.19. The van der Waals surface area contributed by atoms with Gasteiger partial charge in [-0.1, -0.05) is 12.1 Å². The van der Waals surface area contributed by atoms with Gasteiger partial charge in [0.2, 0.25) is 5.91 Å². The maximum absolute atomic E-state index is 11.8. The van der Waals surface area contributed by atoms with Crippen molar-refractivity contribution in [1.82, 2.24) is 0 Å². The van der Waals surface area contributed by atoms with Gasteiger partial charge in [0.05, 0.1) is 18.6 Å². The van der Waals surface area contributed by atoms with Crippen LogP contribution < -0.4 is 15.8 Å². The lowest BCUT2D eigenvalue weighted by atomic mass is 10.2. The minimum Gasteiger partial charge on any atom is -0.493 e. The highest BCUT2D eigenvalue weighted by molar-refractivity contribution is 7.14.